The van der Waals surface area contributed by atoms with Gasteiger partial charge in [-0.1, -0.05) is 37.7 Å². The first-order chi connectivity index (χ1) is 13.3. The lowest BCUT2D eigenvalue weighted by molar-refractivity contribution is -0.124. The van der Waals surface area contributed by atoms with Crippen molar-refractivity contribution >= 4 is 40.9 Å². The van der Waals surface area contributed by atoms with Crippen molar-refractivity contribution in [2.75, 3.05) is 6.54 Å². The Bertz CT molecular complexity index is 758. The molecule has 0 aromatic heterocycles. The smallest absolute Gasteiger partial charge is 0.261 e. The van der Waals surface area contributed by atoms with Crippen molar-refractivity contribution in [3.8, 4) is 0 Å². The van der Waals surface area contributed by atoms with E-state index in [1.807, 2.05) is 13.8 Å². The minimum absolute atomic E-state index is 0.0669. The number of imide groups is 1. The predicted molar refractivity (Wildman–Crippen MR) is 106 cm³/mol. The van der Waals surface area contributed by atoms with Gasteiger partial charge in [0.1, 0.15) is 6.29 Å². The van der Waals surface area contributed by atoms with Crippen molar-refractivity contribution < 1.29 is 24.0 Å². The van der Waals surface area contributed by atoms with Gasteiger partial charge in [-0.2, -0.15) is 0 Å². The summed E-state index contributed by atoms with van der Waals surface area (Å²) in [5, 5.41) is 1.75. The Morgan fingerprint density at radius 2 is 1.71 bits per heavy atom. The number of amides is 3. The molecule has 0 fully saturated rings. The number of thioether (sulfide) groups is 1. The predicted octanol–water partition coefficient (Wildman–Crippen LogP) is 2.05. The highest BCUT2D eigenvalue weighted by molar-refractivity contribution is 8.14. The quantitative estimate of drug-likeness (QED) is 0.499. The minimum Gasteiger partial charge on any atom is -0.345 e. The average molecular weight is 404 g/mol. The fraction of sp³-hybridized carbons (Fsp3) is 0.450. The zero-order valence-electron chi connectivity index (χ0n) is 16.1. The van der Waals surface area contributed by atoms with E-state index in [0.717, 1.165) is 11.8 Å². The van der Waals surface area contributed by atoms with Crippen LogP contribution in [0.1, 0.15) is 54.3 Å². The maximum Gasteiger partial charge on any atom is 0.261 e. The van der Waals surface area contributed by atoms with Crippen molar-refractivity contribution in [3.63, 3.8) is 0 Å². The van der Waals surface area contributed by atoms with Crippen molar-refractivity contribution in [3.05, 3.63) is 35.4 Å². The fourth-order valence-electron chi connectivity index (χ4n) is 2.94. The summed E-state index contributed by atoms with van der Waals surface area (Å²) in [5.41, 5.74) is 0.760. The highest BCUT2D eigenvalue weighted by Gasteiger charge is 2.35. The molecule has 0 spiro atoms. The molecule has 1 aromatic carbocycles. The lowest BCUT2D eigenvalue weighted by atomic mass is 10.1. The molecule has 1 aliphatic rings. The summed E-state index contributed by atoms with van der Waals surface area (Å²) < 4.78 is 0. The highest BCUT2D eigenvalue weighted by Crippen LogP contribution is 2.24. The number of hydrogen-bond donors (Lipinski definition) is 1. The summed E-state index contributed by atoms with van der Waals surface area (Å²) in [4.78, 5) is 61.1. The van der Waals surface area contributed by atoms with Crippen LogP contribution in [-0.4, -0.2) is 51.9 Å². The van der Waals surface area contributed by atoms with E-state index in [1.165, 1.54) is 11.8 Å². The molecule has 2 rings (SSSR count). The molecule has 1 N–H and O–H groups in total. The van der Waals surface area contributed by atoms with Crippen LogP contribution in [0.4, 0.5) is 0 Å². The highest BCUT2D eigenvalue weighted by atomic mass is 32.2. The fourth-order valence-corrected chi connectivity index (χ4v) is 3.80. The zero-order valence-corrected chi connectivity index (χ0v) is 17.0. The third kappa shape index (κ3) is 5.07. The molecule has 0 radical (unpaired) electrons. The lowest BCUT2D eigenvalue weighted by Crippen LogP contribution is -2.44. The van der Waals surface area contributed by atoms with Crippen molar-refractivity contribution in [2.45, 2.75) is 44.9 Å². The first kappa shape index (κ1) is 21.8. The van der Waals surface area contributed by atoms with Crippen LogP contribution in [0.25, 0.3) is 0 Å². The van der Waals surface area contributed by atoms with E-state index in [1.54, 1.807) is 24.3 Å². The Hall–Kier alpha value is -2.48. The monoisotopic (exact) mass is 404 g/mol. The first-order valence-corrected chi connectivity index (χ1v) is 10.0. The summed E-state index contributed by atoms with van der Waals surface area (Å²) in [6.07, 6.45) is 1.35. The van der Waals surface area contributed by atoms with Crippen molar-refractivity contribution in [2.24, 2.45) is 5.92 Å². The van der Waals surface area contributed by atoms with Gasteiger partial charge >= 0.3 is 0 Å². The van der Waals surface area contributed by atoms with Gasteiger partial charge in [-0.25, -0.2) is 0 Å². The maximum absolute atomic E-state index is 12.5. The largest absolute Gasteiger partial charge is 0.345 e. The number of carbonyl (C=O) groups excluding carboxylic acids is 5. The summed E-state index contributed by atoms with van der Waals surface area (Å²) in [7, 11) is 0. The van der Waals surface area contributed by atoms with Gasteiger partial charge in [-0.05, 0) is 30.9 Å². The maximum atomic E-state index is 12.5. The molecule has 3 amide bonds. The summed E-state index contributed by atoms with van der Waals surface area (Å²) in [6.45, 7) is 5.16. The third-order valence-electron chi connectivity index (χ3n) is 4.50. The van der Waals surface area contributed by atoms with Crippen LogP contribution in [0.15, 0.2) is 24.3 Å². The number of benzene rings is 1. The van der Waals surface area contributed by atoms with Crippen molar-refractivity contribution in [1.82, 2.24) is 10.2 Å². The van der Waals surface area contributed by atoms with Crippen LogP contribution in [0.5, 0.6) is 0 Å². The van der Waals surface area contributed by atoms with E-state index in [9.17, 15) is 24.0 Å². The molecule has 0 bridgehead atoms. The standard InChI is InChI=1S/C20H24N2O5S/c1-12(2)16(11-23)21-18(25)17(28-13(3)24)9-6-10-22-19(26)14-7-4-5-8-15(14)20(22)27/h4-5,7-8,11-12,16-17H,6,9-10H2,1-3H3,(H,21,25)/t16-,17?/m1/s1. The normalized spacial score (nSPS) is 15.4. The molecule has 0 saturated heterocycles. The molecule has 1 aliphatic heterocycles. The van der Waals surface area contributed by atoms with Crippen LogP contribution in [0.3, 0.4) is 0 Å². The van der Waals surface area contributed by atoms with Gasteiger partial charge in [0, 0.05) is 13.5 Å². The molecule has 1 aromatic rings. The molecule has 2 atom stereocenters. The molecule has 150 valence electrons. The second kappa shape index (κ2) is 9.64. The van der Waals surface area contributed by atoms with Gasteiger partial charge in [0.15, 0.2) is 5.12 Å². The Balaban J connectivity index is 1.98. The molecule has 1 heterocycles. The second-order valence-corrected chi connectivity index (χ2v) is 8.34. The molecule has 8 heteroatoms. The van der Waals surface area contributed by atoms with Gasteiger partial charge in [0.25, 0.3) is 11.8 Å². The van der Waals surface area contributed by atoms with Crippen LogP contribution >= 0.6 is 11.8 Å². The minimum atomic E-state index is -0.686. The summed E-state index contributed by atoms with van der Waals surface area (Å²) in [5.74, 6) is -1.15. The first-order valence-electron chi connectivity index (χ1n) is 9.14. The van der Waals surface area contributed by atoms with E-state index in [2.05, 4.69) is 5.32 Å². The third-order valence-corrected chi connectivity index (χ3v) is 5.57. The second-order valence-electron chi connectivity index (χ2n) is 6.96. The summed E-state index contributed by atoms with van der Waals surface area (Å²) >= 11 is 0.888. The number of carbonyl (C=O) groups is 5. The number of rotatable bonds is 9. The van der Waals surface area contributed by atoms with Crippen LogP contribution in [0.2, 0.25) is 0 Å². The van der Waals surface area contributed by atoms with E-state index < -0.39 is 17.2 Å². The number of nitrogens with zero attached hydrogens (tertiary/aromatic N) is 1. The molecule has 28 heavy (non-hydrogen) atoms. The molecule has 1 unspecified atom stereocenters. The molecule has 0 aliphatic carbocycles. The van der Waals surface area contributed by atoms with Gasteiger partial charge in [0.2, 0.25) is 5.91 Å². The molecule has 7 nitrogen and oxygen atoms in total. The Morgan fingerprint density at radius 3 is 2.18 bits per heavy atom. The molecular formula is C20H24N2O5S. The lowest BCUT2D eigenvalue weighted by Gasteiger charge is -2.21. The zero-order chi connectivity index (χ0) is 20.8. The van der Waals surface area contributed by atoms with Gasteiger partial charge in [0.05, 0.1) is 22.4 Å². The van der Waals surface area contributed by atoms with E-state index in [-0.39, 0.29) is 29.4 Å². The van der Waals surface area contributed by atoms with Crippen molar-refractivity contribution in [1.29, 1.82) is 0 Å². The molecule has 0 saturated carbocycles. The number of hydrogen-bond acceptors (Lipinski definition) is 6. The topological polar surface area (TPSA) is 101 Å². The van der Waals surface area contributed by atoms with E-state index in [0.29, 0.717) is 30.3 Å². The molecular weight excluding hydrogens is 380 g/mol. The summed E-state index contributed by atoms with van der Waals surface area (Å²) in [6, 6.07) is 6.01. The van der Waals surface area contributed by atoms with E-state index in [4.69, 9.17) is 0 Å². The van der Waals surface area contributed by atoms with Gasteiger partial charge in [-0.15, -0.1) is 0 Å². The number of fused-ring (bicyclic) bond motifs is 1. The van der Waals surface area contributed by atoms with Gasteiger partial charge in [-0.3, -0.25) is 24.1 Å². The van der Waals surface area contributed by atoms with E-state index >= 15 is 0 Å². The average Bonchev–Trinajstić information content (AvgIpc) is 2.89. The SMILES string of the molecule is CC(=O)SC(CCCN1C(=O)c2ccccc2C1=O)C(=O)N[C@H](C=O)C(C)C. The Kier molecular flexibility index (Phi) is 7.51. The van der Waals surface area contributed by atoms with Crippen LogP contribution in [-0.2, 0) is 14.4 Å². The Morgan fingerprint density at radius 1 is 1.14 bits per heavy atom. The number of aldehydes is 1. The van der Waals surface area contributed by atoms with Gasteiger partial charge < -0.3 is 10.1 Å². The van der Waals surface area contributed by atoms with Crippen LogP contribution in [0, 0.1) is 5.92 Å². The Labute approximate surface area is 168 Å². The van der Waals surface area contributed by atoms with Crippen LogP contribution < -0.4 is 5.32 Å². The number of nitrogens with one attached hydrogen (secondary N) is 1.